The lowest BCUT2D eigenvalue weighted by Crippen LogP contribution is -2.53. The van der Waals surface area contributed by atoms with Gasteiger partial charge < -0.3 is 15.4 Å². The number of hydrogen-bond acceptors (Lipinski definition) is 3. The summed E-state index contributed by atoms with van der Waals surface area (Å²) in [4.78, 5) is 12.5. The maximum absolute atomic E-state index is 12.5. The average molecular weight is 270 g/mol. The standard InChI is InChI=1S/C15H30N2O2/c1-5-9-16-13-11-19-10-12(13)14(18)17-15(6-2,7-3)8-4/h12-13,16H,5-11H2,1-4H3,(H,17,18). The van der Waals surface area contributed by atoms with Crippen molar-refractivity contribution in [3.8, 4) is 0 Å². The SMILES string of the molecule is CCCNC1COCC1C(=O)NC(CC)(CC)CC. The van der Waals surface area contributed by atoms with E-state index in [-0.39, 0.29) is 23.4 Å². The van der Waals surface area contributed by atoms with Crippen molar-refractivity contribution in [2.45, 2.75) is 65.0 Å². The van der Waals surface area contributed by atoms with Crippen LogP contribution in [0.15, 0.2) is 0 Å². The van der Waals surface area contributed by atoms with Crippen molar-refractivity contribution in [2.24, 2.45) is 5.92 Å². The number of rotatable bonds is 8. The second kappa shape index (κ2) is 7.85. The van der Waals surface area contributed by atoms with Crippen molar-refractivity contribution in [3.63, 3.8) is 0 Å². The van der Waals surface area contributed by atoms with Crippen LogP contribution in [-0.2, 0) is 9.53 Å². The number of ether oxygens (including phenoxy) is 1. The lowest BCUT2D eigenvalue weighted by Gasteiger charge is -2.33. The van der Waals surface area contributed by atoms with Crippen LogP contribution < -0.4 is 10.6 Å². The second-order valence-electron chi connectivity index (χ2n) is 5.53. The zero-order chi connectivity index (χ0) is 14.3. The Hall–Kier alpha value is -0.610. The van der Waals surface area contributed by atoms with Gasteiger partial charge in [0.15, 0.2) is 0 Å². The van der Waals surface area contributed by atoms with Crippen LogP contribution in [0.4, 0.5) is 0 Å². The molecule has 1 aliphatic rings. The molecule has 2 N–H and O–H groups in total. The number of hydrogen-bond donors (Lipinski definition) is 2. The van der Waals surface area contributed by atoms with Gasteiger partial charge in [0.05, 0.1) is 19.1 Å². The molecule has 19 heavy (non-hydrogen) atoms. The molecule has 2 atom stereocenters. The van der Waals surface area contributed by atoms with Gasteiger partial charge in [-0.15, -0.1) is 0 Å². The molecule has 0 bridgehead atoms. The van der Waals surface area contributed by atoms with Crippen LogP contribution in [0.1, 0.15) is 53.4 Å². The van der Waals surface area contributed by atoms with Gasteiger partial charge in [-0.1, -0.05) is 27.7 Å². The smallest absolute Gasteiger partial charge is 0.227 e. The Balaban J connectivity index is 2.60. The summed E-state index contributed by atoms with van der Waals surface area (Å²) in [6, 6.07) is 0.170. The summed E-state index contributed by atoms with van der Waals surface area (Å²) in [6.07, 6.45) is 4.01. The van der Waals surface area contributed by atoms with Crippen molar-refractivity contribution < 1.29 is 9.53 Å². The largest absolute Gasteiger partial charge is 0.379 e. The van der Waals surface area contributed by atoms with E-state index in [0.717, 1.165) is 32.2 Å². The minimum atomic E-state index is -0.0466. The molecule has 0 radical (unpaired) electrons. The van der Waals surface area contributed by atoms with Crippen LogP contribution >= 0.6 is 0 Å². The Bertz CT molecular complexity index is 269. The van der Waals surface area contributed by atoms with E-state index in [2.05, 4.69) is 38.3 Å². The maximum atomic E-state index is 12.5. The van der Waals surface area contributed by atoms with E-state index in [4.69, 9.17) is 4.74 Å². The van der Waals surface area contributed by atoms with Crippen LogP contribution in [0, 0.1) is 5.92 Å². The van der Waals surface area contributed by atoms with Crippen molar-refractivity contribution in [2.75, 3.05) is 19.8 Å². The Kier molecular flexibility index (Phi) is 6.80. The van der Waals surface area contributed by atoms with Crippen molar-refractivity contribution in [1.82, 2.24) is 10.6 Å². The lowest BCUT2D eigenvalue weighted by atomic mass is 9.88. The molecule has 0 aromatic rings. The van der Waals surface area contributed by atoms with E-state index in [1.165, 1.54) is 0 Å². The molecule has 1 saturated heterocycles. The van der Waals surface area contributed by atoms with Gasteiger partial charge in [-0.05, 0) is 32.2 Å². The third kappa shape index (κ3) is 4.18. The molecule has 1 heterocycles. The van der Waals surface area contributed by atoms with E-state index in [1.807, 2.05) is 0 Å². The van der Waals surface area contributed by atoms with Gasteiger partial charge in [0, 0.05) is 11.6 Å². The minimum absolute atomic E-state index is 0.0458. The highest BCUT2D eigenvalue weighted by Gasteiger charge is 2.36. The summed E-state index contributed by atoms with van der Waals surface area (Å²) in [5.41, 5.74) is -0.0466. The third-order valence-electron chi connectivity index (χ3n) is 4.49. The van der Waals surface area contributed by atoms with Crippen LogP contribution in [0.5, 0.6) is 0 Å². The highest BCUT2D eigenvalue weighted by atomic mass is 16.5. The first-order chi connectivity index (χ1) is 9.12. The zero-order valence-electron chi connectivity index (χ0n) is 12.9. The molecule has 4 nitrogen and oxygen atoms in total. The van der Waals surface area contributed by atoms with Gasteiger partial charge in [-0.3, -0.25) is 4.79 Å². The van der Waals surface area contributed by atoms with E-state index in [9.17, 15) is 4.79 Å². The molecule has 1 aliphatic heterocycles. The molecule has 0 spiro atoms. The van der Waals surface area contributed by atoms with Gasteiger partial charge in [-0.2, -0.15) is 0 Å². The summed E-state index contributed by atoms with van der Waals surface area (Å²) >= 11 is 0. The van der Waals surface area contributed by atoms with E-state index in [1.54, 1.807) is 0 Å². The first-order valence-electron chi connectivity index (χ1n) is 7.75. The second-order valence-corrected chi connectivity index (χ2v) is 5.53. The molecule has 0 aromatic heterocycles. The fraction of sp³-hybridized carbons (Fsp3) is 0.933. The fourth-order valence-corrected chi connectivity index (χ4v) is 2.71. The molecular weight excluding hydrogens is 240 g/mol. The zero-order valence-corrected chi connectivity index (χ0v) is 12.9. The molecule has 4 heteroatoms. The van der Waals surface area contributed by atoms with Crippen LogP contribution in [-0.4, -0.2) is 37.2 Å². The molecule has 2 unspecified atom stereocenters. The molecular formula is C15H30N2O2. The summed E-state index contributed by atoms with van der Waals surface area (Å²) in [7, 11) is 0. The normalized spacial score (nSPS) is 23.6. The van der Waals surface area contributed by atoms with Gasteiger partial charge in [-0.25, -0.2) is 0 Å². The Morgan fingerprint density at radius 1 is 1.16 bits per heavy atom. The summed E-state index contributed by atoms with van der Waals surface area (Å²) in [6.45, 7) is 10.7. The average Bonchev–Trinajstić information content (AvgIpc) is 2.91. The van der Waals surface area contributed by atoms with Crippen LogP contribution in [0.25, 0.3) is 0 Å². The number of carbonyl (C=O) groups is 1. The van der Waals surface area contributed by atoms with Gasteiger partial charge >= 0.3 is 0 Å². The van der Waals surface area contributed by atoms with Crippen LogP contribution in [0.2, 0.25) is 0 Å². The molecule has 0 aromatic carbocycles. The molecule has 112 valence electrons. The van der Waals surface area contributed by atoms with E-state index < -0.39 is 0 Å². The van der Waals surface area contributed by atoms with Gasteiger partial charge in [0.2, 0.25) is 5.91 Å². The monoisotopic (exact) mass is 270 g/mol. The number of nitrogens with one attached hydrogen (secondary N) is 2. The molecule has 1 rings (SSSR count). The lowest BCUT2D eigenvalue weighted by molar-refractivity contribution is -0.127. The molecule has 1 amide bonds. The number of carbonyl (C=O) groups excluding carboxylic acids is 1. The quantitative estimate of drug-likeness (QED) is 0.710. The van der Waals surface area contributed by atoms with Crippen LogP contribution in [0.3, 0.4) is 0 Å². The topological polar surface area (TPSA) is 50.4 Å². The summed E-state index contributed by atoms with van der Waals surface area (Å²) in [5, 5.41) is 6.69. The molecule has 0 aliphatic carbocycles. The molecule has 1 fully saturated rings. The van der Waals surface area contributed by atoms with Crippen molar-refractivity contribution >= 4 is 5.91 Å². The molecule has 0 saturated carbocycles. The fourth-order valence-electron chi connectivity index (χ4n) is 2.71. The third-order valence-corrected chi connectivity index (χ3v) is 4.49. The number of amides is 1. The Morgan fingerprint density at radius 2 is 1.79 bits per heavy atom. The van der Waals surface area contributed by atoms with Crippen molar-refractivity contribution in [3.05, 3.63) is 0 Å². The highest BCUT2D eigenvalue weighted by molar-refractivity contribution is 5.80. The first kappa shape index (κ1) is 16.4. The highest BCUT2D eigenvalue weighted by Crippen LogP contribution is 2.22. The van der Waals surface area contributed by atoms with Gasteiger partial charge in [0.1, 0.15) is 0 Å². The summed E-state index contributed by atoms with van der Waals surface area (Å²) in [5.74, 6) is 0.104. The maximum Gasteiger partial charge on any atom is 0.227 e. The van der Waals surface area contributed by atoms with Crippen molar-refractivity contribution in [1.29, 1.82) is 0 Å². The van der Waals surface area contributed by atoms with E-state index in [0.29, 0.717) is 13.2 Å². The first-order valence-corrected chi connectivity index (χ1v) is 7.75. The predicted molar refractivity (Wildman–Crippen MR) is 78.1 cm³/mol. The minimum Gasteiger partial charge on any atom is -0.379 e. The Labute approximate surface area is 117 Å². The van der Waals surface area contributed by atoms with Gasteiger partial charge in [0.25, 0.3) is 0 Å². The van der Waals surface area contributed by atoms with E-state index >= 15 is 0 Å². The predicted octanol–water partition coefficient (Wildman–Crippen LogP) is 2.09. The summed E-state index contributed by atoms with van der Waals surface area (Å²) < 4.78 is 5.48. The Morgan fingerprint density at radius 3 is 2.32 bits per heavy atom.